The Bertz CT molecular complexity index is 1280. The Hall–Kier alpha value is -0.900. The number of ether oxygens (including phenoxy) is 2. The molecule has 0 aromatic carbocycles. The zero-order chi connectivity index (χ0) is 52.6. The highest BCUT2D eigenvalue weighted by atomic mass is 32.3. The second-order valence-corrected chi connectivity index (χ2v) is 23.1. The summed E-state index contributed by atoms with van der Waals surface area (Å²) in [6.07, 6.45) is 49.7. The summed E-state index contributed by atoms with van der Waals surface area (Å²) in [6.45, 7) is 3.52. The second-order valence-electron chi connectivity index (χ2n) is 22.0. The molecule has 1 aliphatic rings. The van der Waals surface area contributed by atoms with Crippen molar-refractivity contribution in [2.75, 3.05) is 13.2 Å². The molecular weight excluding hydrogens is 931 g/mol. The summed E-state index contributed by atoms with van der Waals surface area (Å²) < 4.78 is 48.0. The van der Waals surface area contributed by atoms with E-state index in [1.54, 1.807) is 0 Å². The fourth-order valence-electron chi connectivity index (χ4n) is 10.4. The number of hydrogen-bond acceptors (Lipinski definition) is 10. The standard InChI is InChI=1S/C59H117NO11S/c1-3-5-7-9-11-13-15-17-19-21-23-25-26-27-28-29-30-32-34-36-38-40-42-44-46-48-53(62)52(51-69-59-57(65)58(71-72(66,67)68)56(64)54(50-61)70-59)60-55(63)49-47-45-43-41-39-37-35-33-31-24-22-20-18-16-14-12-10-8-6-4-2/h52-54,56-59,61-62,64-65H,3-51H2,1-2H3,(H,60,63)(H,66,67,68). The molecule has 7 unspecified atom stereocenters. The molecule has 0 saturated carbocycles. The van der Waals surface area contributed by atoms with E-state index in [0.717, 1.165) is 51.4 Å². The van der Waals surface area contributed by atoms with Gasteiger partial charge < -0.3 is 35.2 Å². The predicted molar refractivity (Wildman–Crippen MR) is 296 cm³/mol. The number of hydrogen-bond donors (Lipinski definition) is 6. The minimum Gasteiger partial charge on any atom is -0.394 e. The Morgan fingerprint density at radius 2 is 0.806 bits per heavy atom. The van der Waals surface area contributed by atoms with Gasteiger partial charge in [0.2, 0.25) is 5.91 Å². The van der Waals surface area contributed by atoms with Crippen LogP contribution in [0.5, 0.6) is 0 Å². The molecule has 430 valence electrons. The first-order valence-electron chi connectivity index (χ1n) is 30.9. The van der Waals surface area contributed by atoms with Crippen LogP contribution >= 0.6 is 0 Å². The summed E-state index contributed by atoms with van der Waals surface area (Å²) in [7, 11) is -5.08. The van der Waals surface area contributed by atoms with Crippen LogP contribution in [-0.2, 0) is 28.9 Å². The van der Waals surface area contributed by atoms with Crippen LogP contribution in [0, 0.1) is 0 Å². The quantitative estimate of drug-likeness (QED) is 0.0251. The van der Waals surface area contributed by atoms with Crippen LogP contribution in [0.2, 0.25) is 0 Å². The van der Waals surface area contributed by atoms with Crippen molar-refractivity contribution in [3.8, 4) is 0 Å². The highest BCUT2D eigenvalue weighted by Gasteiger charge is 2.48. The van der Waals surface area contributed by atoms with Gasteiger partial charge in [0.25, 0.3) is 0 Å². The molecule has 12 nitrogen and oxygen atoms in total. The molecule has 0 aliphatic carbocycles. The van der Waals surface area contributed by atoms with Crippen molar-refractivity contribution < 1.29 is 51.8 Å². The molecule has 0 bridgehead atoms. The minimum atomic E-state index is -5.08. The second kappa shape index (κ2) is 49.7. The van der Waals surface area contributed by atoms with Gasteiger partial charge in [-0.3, -0.25) is 9.35 Å². The van der Waals surface area contributed by atoms with Crippen molar-refractivity contribution in [3.63, 3.8) is 0 Å². The number of amides is 1. The van der Waals surface area contributed by atoms with Crippen LogP contribution in [0.15, 0.2) is 0 Å². The molecule has 72 heavy (non-hydrogen) atoms. The first-order chi connectivity index (χ1) is 35.0. The first kappa shape index (κ1) is 69.1. The van der Waals surface area contributed by atoms with Gasteiger partial charge in [0, 0.05) is 6.42 Å². The van der Waals surface area contributed by atoms with Gasteiger partial charge in [-0.2, -0.15) is 8.42 Å². The molecule has 1 fully saturated rings. The predicted octanol–water partition coefficient (Wildman–Crippen LogP) is 14.9. The zero-order valence-corrected chi connectivity index (χ0v) is 47.6. The Kier molecular flexibility index (Phi) is 47.7. The SMILES string of the molecule is CCCCCCCCCCCCCCCCCCCCCCCCCCCC(O)C(COC1OC(CO)C(O)C(OS(=O)(=O)O)C1O)NC(=O)CCCCCCCCCCCCCCCCCCCCCC. The van der Waals surface area contributed by atoms with Crippen LogP contribution < -0.4 is 5.32 Å². The minimum absolute atomic E-state index is 0.221. The fourth-order valence-corrected chi connectivity index (χ4v) is 10.9. The summed E-state index contributed by atoms with van der Waals surface area (Å²) >= 11 is 0. The van der Waals surface area contributed by atoms with Crippen molar-refractivity contribution in [2.45, 2.75) is 358 Å². The van der Waals surface area contributed by atoms with Crippen LogP contribution in [0.3, 0.4) is 0 Å². The van der Waals surface area contributed by atoms with Gasteiger partial charge in [0.1, 0.15) is 24.4 Å². The third kappa shape index (κ3) is 41.3. The molecule has 13 heteroatoms. The van der Waals surface area contributed by atoms with E-state index in [0.29, 0.717) is 12.8 Å². The molecule has 7 atom stereocenters. The van der Waals surface area contributed by atoms with Crippen LogP contribution in [0.1, 0.15) is 316 Å². The van der Waals surface area contributed by atoms with Crippen molar-refractivity contribution in [2.24, 2.45) is 0 Å². The van der Waals surface area contributed by atoms with Gasteiger partial charge in [-0.25, -0.2) is 4.18 Å². The average Bonchev–Trinajstić information content (AvgIpc) is 3.36. The van der Waals surface area contributed by atoms with Gasteiger partial charge >= 0.3 is 10.4 Å². The smallest absolute Gasteiger partial charge is 0.394 e. The van der Waals surface area contributed by atoms with Gasteiger partial charge in [-0.05, 0) is 12.8 Å². The van der Waals surface area contributed by atoms with Gasteiger partial charge in [0.15, 0.2) is 6.29 Å². The molecular formula is C59H117NO11S. The lowest BCUT2D eigenvalue weighted by molar-refractivity contribution is -0.298. The largest absolute Gasteiger partial charge is 0.397 e. The maximum atomic E-state index is 13.2. The van der Waals surface area contributed by atoms with Crippen molar-refractivity contribution in [3.05, 3.63) is 0 Å². The van der Waals surface area contributed by atoms with Crippen molar-refractivity contribution in [1.29, 1.82) is 0 Å². The molecule has 1 heterocycles. The Morgan fingerprint density at radius 3 is 1.11 bits per heavy atom. The first-order valence-corrected chi connectivity index (χ1v) is 32.3. The van der Waals surface area contributed by atoms with E-state index in [1.165, 1.54) is 238 Å². The highest BCUT2D eigenvalue weighted by Crippen LogP contribution is 2.26. The topological polar surface area (TPSA) is 192 Å². The third-order valence-corrected chi connectivity index (χ3v) is 15.6. The van der Waals surface area contributed by atoms with E-state index in [9.17, 15) is 38.2 Å². The molecule has 1 amide bonds. The average molecular weight is 1050 g/mol. The van der Waals surface area contributed by atoms with Gasteiger partial charge in [-0.1, -0.05) is 296 Å². The summed E-state index contributed by atoms with van der Waals surface area (Å²) in [5.41, 5.74) is 0. The van der Waals surface area contributed by atoms with Crippen LogP contribution in [0.25, 0.3) is 0 Å². The summed E-state index contributed by atoms with van der Waals surface area (Å²) in [6, 6.07) is -0.854. The number of unbranched alkanes of at least 4 members (excludes halogenated alkanes) is 43. The maximum absolute atomic E-state index is 13.2. The number of carbonyl (C=O) groups excluding carboxylic acids is 1. The van der Waals surface area contributed by atoms with Crippen LogP contribution in [0.4, 0.5) is 0 Å². The van der Waals surface area contributed by atoms with E-state index < -0.39 is 59.9 Å². The fraction of sp³-hybridized carbons (Fsp3) is 0.983. The van der Waals surface area contributed by atoms with E-state index in [-0.39, 0.29) is 12.5 Å². The molecule has 0 aromatic rings. The maximum Gasteiger partial charge on any atom is 0.397 e. The van der Waals surface area contributed by atoms with Crippen molar-refractivity contribution >= 4 is 16.3 Å². The summed E-state index contributed by atoms with van der Waals surface area (Å²) in [5.74, 6) is -0.221. The molecule has 0 aromatic heterocycles. The summed E-state index contributed by atoms with van der Waals surface area (Å²) in [4.78, 5) is 13.2. The Balaban J connectivity index is 2.30. The van der Waals surface area contributed by atoms with E-state index >= 15 is 0 Å². The molecule has 1 saturated heterocycles. The number of aliphatic hydroxyl groups excluding tert-OH is 4. The normalized spacial score (nSPS) is 19.2. The highest BCUT2D eigenvalue weighted by molar-refractivity contribution is 7.80. The molecule has 6 N–H and O–H groups in total. The molecule has 1 rings (SSSR count). The van der Waals surface area contributed by atoms with Crippen LogP contribution in [-0.4, -0.2) is 95.4 Å². The van der Waals surface area contributed by atoms with E-state index in [1.807, 2.05) is 0 Å². The molecule has 0 radical (unpaired) electrons. The Labute approximate surface area is 443 Å². The van der Waals surface area contributed by atoms with Crippen molar-refractivity contribution in [1.82, 2.24) is 5.32 Å². The van der Waals surface area contributed by atoms with E-state index in [2.05, 4.69) is 23.3 Å². The van der Waals surface area contributed by atoms with Gasteiger partial charge in [-0.15, -0.1) is 0 Å². The number of nitrogens with one attached hydrogen (secondary N) is 1. The molecule has 1 aliphatic heterocycles. The molecule has 0 spiro atoms. The summed E-state index contributed by atoms with van der Waals surface area (Å²) in [5, 5.41) is 45.2. The lowest BCUT2D eigenvalue weighted by Gasteiger charge is -2.41. The number of rotatable bonds is 55. The monoisotopic (exact) mass is 1050 g/mol. The third-order valence-electron chi connectivity index (χ3n) is 15.2. The number of carbonyl (C=O) groups is 1. The lowest BCUT2D eigenvalue weighted by atomic mass is 9.99. The number of aliphatic hydroxyl groups is 4. The Morgan fingerprint density at radius 1 is 0.500 bits per heavy atom. The zero-order valence-electron chi connectivity index (χ0n) is 46.8. The van der Waals surface area contributed by atoms with Gasteiger partial charge in [0.05, 0.1) is 25.4 Å². The lowest BCUT2D eigenvalue weighted by Crippen LogP contribution is -2.61. The van der Waals surface area contributed by atoms with E-state index in [4.69, 9.17) is 9.47 Å².